The van der Waals surface area contributed by atoms with Crippen molar-refractivity contribution in [2.75, 3.05) is 25.0 Å². The normalized spacial score (nSPS) is 19.5. The molecule has 2 N–H and O–H groups in total. The summed E-state index contributed by atoms with van der Waals surface area (Å²) in [5, 5.41) is 12.2. The third-order valence-corrected chi connectivity index (χ3v) is 4.30. The van der Waals surface area contributed by atoms with E-state index in [9.17, 15) is 4.79 Å². The first-order valence-corrected chi connectivity index (χ1v) is 7.83. The summed E-state index contributed by atoms with van der Waals surface area (Å²) in [5.74, 6) is 0.0391. The molecule has 1 aromatic rings. The quantitative estimate of drug-likeness (QED) is 0.876. The first-order valence-electron chi connectivity index (χ1n) is 7.83. The molecule has 0 aromatic heterocycles. The lowest BCUT2D eigenvalue weighted by atomic mass is 9.99. The van der Waals surface area contributed by atoms with Crippen LogP contribution >= 0.6 is 0 Å². The molecule has 1 aliphatic heterocycles. The van der Waals surface area contributed by atoms with Crippen LogP contribution in [0.5, 0.6) is 0 Å². The van der Waals surface area contributed by atoms with Crippen molar-refractivity contribution in [3.8, 4) is 0 Å². The van der Waals surface area contributed by atoms with E-state index in [4.69, 9.17) is 5.11 Å². The number of piperidine rings is 1. The van der Waals surface area contributed by atoms with Crippen molar-refractivity contribution in [3.05, 3.63) is 29.3 Å². The van der Waals surface area contributed by atoms with Crippen LogP contribution in [0.1, 0.15) is 36.8 Å². The number of aliphatic hydroxyl groups excluding tert-OH is 1. The summed E-state index contributed by atoms with van der Waals surface area (Å²) < 4.78 is 0. The molecule has 4 heteroatoms. The van der Waals surface area contributed by atoms with E-state index >= 15 is 0 Å². The highest BCUT2D eigenvalue weighted by Gasteiger charge is 2.23. The van der Waals surface area contributed by atoms with Gasteiger partial charge in [0.2, 0.25) is 5.91 Å². The first-order chi connectivity index (χ1) is 10.1. The number of hydrogen-bond donors (Lipinski definition) is 2. The molecule has 0 bridgehead atoms. The molecule has 2 rings (SSSR count). The van der Waals surface area contributed by atoms with E-state index in [2.05, 4.69) is 10.2 Å². The number of nitrogens with one attached hydrogen (secondary N) is 1. The Morgan fingerprint density at radius 2 is 2.05 bits per heavy atom. The Bertz CT molecular complexity index is 465. The van der Waals surface area contributed by atoms with Crippen LogP contribution < -0.4 is 5.32 Å². The summed E-state index contributed by atoms with van der Waals surface area (Å²) in [6.07, 6.45) is 4.17. The Labute approximate surface area is 127 Å². The van der Waals surface area contributed by atoms with Gasteiger partial charge < -0.3 is 10.4 Å². The predicted molar refractivity (Wildman–Crippen MR) is 85.5 cm³/mol. The number of anilines is 1. The number of hydrogen-bond acceptors (Lipinski definition) is 3. The molecule has 1 amide bonds. The zero-order chi connectivity index (χ0) is 15.2. The monoisotopic (exact) mass is 290 g/mol. The average Bonchev–Trinajstić information content (AvgIpc) is 2.45. The molecule has 0 radical (unpaired) electrons. The van der Waals surface area contributed by atoms with Gasteiger partial charge in [-0.2, -0.15) is 0 Å². The Balaban J connectivity index is 1.97. The van der Waals surface area contributed by atoms with Crippen LogP contribution in [-0.2, 0) is 4.79 Å². The molecular formula is C17H26N2O2. The molecule has 1 atom stereocenters. The lowest BCUT2D eigenvalue weighted by Crippen LogP contribution is -2.44. The minimum Gasteiger partial charge on any atom is -0.396 e. The Morgan fingerprint density at radius 1 is 1.33 bits per heavy atom. The summed E-state index contributed by atoms with van der Waals surface area (Å²) >= 11 is 0. The van der Waals surface area contributed by atoms with E-state index in [1.54, 1.807) is 0 Å². The minimum absolute atomic E-state index is 0.0391. The van der Waals surface area contributed by atoms with Gasteiger partial charge in [-0.25, -0.2) is 0 Å². The fourth-order valence-electron chi connectivity index (χ4n) is 3.12. The molecule has 1 unspecified atom stereocenters. The van der Waals surface area contributed by atoms with Gasteiger partial charge >= 0.3 is 0 Å². The highest BCUT2D eigenvalue weighted by molar-refractivity contribution is 5.93. The van der Waals surface area contributed by atoms with Crippen molar-refractivity contribution in [2.24, 2.45) is 0 Å². The van der Waals surface area contributed by atoms with E-state index in [1.807, 2.05) is 32.0 Å². The van der Waals surface area contributed by atoms with Gasteiger partial charge in [-0.15, -0.1) is 0 Å². The van der Waals surface area contributed by atoms with Gasteiger partial charge in [0.1, 0.15) is 0 Å². The van der Waals surface area contributed by atoms with Gasteiger partial charge in [0.25, 0.3) is 0 Å². The third kappa shape index (κ3) is 4.29. The molecule has 1 fully saturated rings. The molecule has 0 saturated carbocycles. The van der Waals surface area contributed by atoms with Crippen LogP contribution in [0, 0.1) is 13.8 Å². The highest BCUT2D eigenvalue weighted by atomic mass is 16.3. The molecule has 0 spiro atoms. The molecule has 1 aromatic carbocycles. The van der Waals surface area contributed by atoms with Crippen LogP contribution in [0.15, 0.2) is 18.2 Å². The maximum Gasteiger partial charge on any atom is 0.238 e. The molecule has 1 saturated heterocycles. The van der Waals surface area contributed by atoms with Crippen LogP contribution in [0.2, 0.25) is 0 Å². The number of aryl methyl sites for hydroxylation is 2. The molecule has 116 valence electrons. The van der Waals surface area contributed by atoms with E-state index in [1.165, 1.54) is 6.42 Å². The predicted octanol–water partition coefficient (Wildman–Crippen LogP) is 2.48. The van der Waals surface area contributed by atoms with Gasteiger partial charge in [0, 0.05) is 18.3 Å². The minimum atomic E-state index is 0.0391. The van der Waals surface area contributed by atoms with Gasteiger partial charge in [-0.3, -0.25) is 9.69 Å². The van der Waals surface area contributed by atoms with E-state index in [-0.39, 0.29) is 12.5 Å². The second-order valence-corrected chi connectivity index (χ2v) is 5.95. The number of benzene rings is 1. The highest BCUT2D eigenvalue weighted by Crippen LogP contribution is 2.21. The van der Waals surface area contributed by atoms with Crippen molar-refractivity contribution in [3.63, 3.8) is 0 Å². The molecule has 0 aliphatic carbocycles. The first kappa shape index (κ1) is 16.0. The average molecular weight is 290 g/mol. The largest absolute Gasteiger partial charge is 0.396 e. The Morgan fingerprint density at radius 3 is 2.71 bits per heavy atom. The molecule has 21 heavy (non-hydrogen) atoms. The van der Waals surface area contributed by atoms with Crippen molar-refractivity contribution >= 4 is 11.6 Å². The number of para-hydroxylation sites is 1. The van der Waals surface area contributed by atoms with Crippen molar-refractivity contribution in [1.29, 1.82) is 0 Å². The van der Waals surface area contributed by atoms with E-state index in [0.29, 0.717) is 12.6 Å². The lowest BCUT2D eigenvalue weighted by Gasteiger charge is -2.35. The number of likely N-dealkylation sites (tertiary alicyclic amines) is 1. The van der Waals surface area contributed by atoms with Crippen molar-refractivity contribution in [2.45, 2.75) is 45.6 Å². The van der Waals surface area contributed by atoms with Gasteiger partial charge in [-0.1, -0.05) is 24.6 Å². The number of nitrogens with zero attached hydrogens (tertiary/aromatic N) is 1. The molecule has 4 nitrogen and oxygen atoms in total. The summed E-state index contributed by atoms with van der Waals surface area (Å²) in [7, 11) is 0. The number of rotatable bonds is 5. The van der Waals surface area contributed by atoms with Crippen molar-refractivity contribution < 1.29 is 9.90 Å². The number of carbonyl (C=O) groups excluding carboxylic acids is 1. The maximum absolute atomic E-state index is 12.3. The topological polar surface area (TPSA) is 52.6 Å². The smallest absolute Gasteiger partial charge is 0.238 e. The fraction of sp³-hybridized carbons (Fsp3) is 0.588. The number of aliphatic hydroxyl groups is 1. The van der Waals surface area contributed by atoms with Crippen LogP contribution in [0.25, 0.3) is 0 Å². The summed E-state index contributed by atoms with van der Waals surface area (Å²) in [4.78, 5) is 14.5. The lowest BCUT2D eigenvalue weighted by molar-refractivity contribution is -0.118. The number of amides is 1. The Kier molecular flexibility index (Phi) is 5.76. The zero-order valence-corrected chi connectivity index (χ0v) is 13.1. The van der Waals surface area contributed by atoms with Crippen molar-refractivity contribution in [1.82, 2.24) is 4.90 Å². The SMILES string of the molecule is Cc1cccc(C)c1NC(=O)CN1CCCCC1CCO. The van der Waals surface area contributed by atoms with Gasteiger partial charge in [0.15, 0.2) is 0 Å². The summed E-state index contributed by atoms with van der Waals surface area (Å²) in [6, 6.07) is 6.37. The third-order valence-electron chi connectivity index (χ3n) is 4.30. The van der Waals surface area contributed by atoms with E-state index in [0.717, 1.165) is 42.6 Å². The summed E-state index contributed by atoms with van der Waals surface area (Å²) in [6.45, 7) is 5.58. The van der Waals surface area contributed by atoms with Crippen LogP contribution in [0.3, 0.4) is 0 Å². The maximum atomic E-state index is 12.3. The van der Waals surface area contributed by atoms with Crippen LogP contribution in [-0.4, -0.2) is 41.7 Å². The van der Waals surface area contributed by atoms with Gasteiger partial charge in [-0.05, 0) is 50.8 Å². The van der Waals surface area contributed by atoms with Crippen LogP contribution in [0.4, 0.5) is 5.69 Å². The van der Waals surface area contributed by atoms with E-state index < -0.39 is 0 Å². The second kappa shape index (κ2) is 7.57. The standard InChI is InChI=1S/C17H26N2O2/c1-13-6-5-7-14(2)17(13)18-16(21)12-19-10-4-3-8-15(19)9-11-20/h5-7,15,20H,3-4,8-12H2,1-2H3,(H,18,21). The fourth-order valence-corrected chi connectivity index (χ4v) is 3.12. The second-order valence-electron chi connectivity index (χ2n) is 5.95. The Hall–Kier alpha value is -1.39. The zero-order valence-electron chi connectivity index (χ0n) is 13.1. The summed E-state index contributed by atoms with van der Waals surface area (Å²) in [5.41, 5.74) is 3.11. The molecule has 1 heterocycles. The molecule has 1 aliphatic rings. The van der Waals surface area contributed by atoms with Gasteiger partial charge in [0.05, 0.1) is 6.54 Å². The number of carbonyl (C=O) groups is 1. The molecular weight excluding hydrogens is 264 g/mol.